The number of rotatable bonds is 6. The molecule has 0 aromatic carbocycles. The number of nitrogens with zero attached hydrogens (tertiary/aromatic N) is 2. The van der Waals surface area contributed by atoms with E-state index in [2.05, 4.69) is 29.5 Å². The van der Waals surface area contributed by atoms with E-state index in [1.165, 1.54) is 4.90 Å². The predicted octanol–water partition coefficient (Wildman–Crippen LogP) is 1.06. The van der Waals surface area contributed by atoms with Crippen molar-refractivity contribution in [2.24, 2.45) is 10.9 Å². The number of nitrogens with one attached hydrogen (secondary N) is 2. The molecular formula is C14H24N4O2. The lowest BCUT2D eigenvalue weighted by Crippen LogP contribution is -2.39. The Hall–Kier alpha value is -1.98. The summed E-state index contributed by atoms with van der Waals surface area (Å²) in [6.45, 7) is 5.68. The van der Waals surface area contributed by atoms with Gasteiger partial charge in [0.2, 0.25) is 5.91 Å². The minimum atomic E-state index is -0.0337. The number of furan rings is 1. The van der Waals surface area contributed by atoms with Gasteiger partial charge in [0.15, 0.2) is 5.96 Å². The summed E-state index contributed by atoms with van der Waals surface area (Å²) in [4.78, 5) is 17.4. The van der Waals surface area contributed by atoms with Crippen molar-refractivity contribution in [1.82, 2.24) is 15.5 Å². The molecule has 0 spiro atoms. The molecule has 1 amide bonds. The Balaban J connectivity index is 2.54. The second kappa shape index (κ2) is 8.24. The number of guanidine groups is 1. The van der Waals surface area contributed by atoms with Gasteiger partial charge in [0.1, 0.15) is 12.3 Å². The molecule has 0 aliphatic rings. The first-order chi connectivity index (χ1) is 9.49. The fourth-order valence-electron chi connectivity index (χ4n) is 1.35. The van der Waals surface area contributed by atoms with Gasteiger partial charge in [-0.3, -0.25) is 4.79 Å². The molecule has 1 rings (SSSR count). The molecule has 0 aliphatic heterocycles. The molecule has 2 N–H and O–H groups in total. The Morgan fingerprint density at radius 1 is 1.40 bits per heavy atom. The molecule has 1 aromatic heterocycles. The molecule has 6 heteroatoms. The first kappa shape index (κ1) is 16.1. The third-order valence-electron chi connectivity index (χ3n) is 2.56. The Bertz CT molecular complexity index is 424. The standard InChI is InChI=1S/C14H24N4O2/c1-11(2)8-15-14(17-10-13(19)18(3)4)16-9-12-6-5-7-20-12/h5-7,11H,8-10H2,1-4H3,(H2,15,16,17). The van der Waals surface area contributed by atoms with E-state index in [0.717, 1.165) is 12.3 Å². The van der Waals surface area contributed by atoms with Gasteiger partial charge in [0.25, 0.3) is 0 Å². The van der Waals surface area contributed by atoms with Crippen molar-refractivity contribution in [3.8, 4) is 0 Å². The van der Waals surface area contributed by atoms with E-state index in [1.54, 1.807) is 20.4 Å². The van der Waals surface area contributed by atoms with Gasteiger partial charge in [0, 0.05) is 20.6 Å². The fourth-order valence-corrected chi connectivity index (χ4v) is 1.35. The van der Waals surface area contributed by atoms with Crippen LogP contribution in [0.15, 0.2) is 27.8 Å². The van der Waals surface area contributed by atoms with Crippen LogP contribution in [0.2, 0.25) is 0 Å². The van der Waals surface area contributed by atoms with Gasteiger partial charge < -0.3 is 20.0 Å². The molecule has 0 unspecified atom stereocenters. The summed E-state index contributed by atoms with van der Waals surface area (Å²) in [5.74, 6) is 1.90. The maximum absolute atomic E-state index is 11.6. The molecule has 0 fully saturated rings. The van der Waals surface area contributed by atoms with Crippen molar-refractivity contribution in [3.63, 3.8) is 0 Å². The van der Waals surface area contributed by atoms with Gasteiger partial charge in [-0.1, -0.05) is 13.8 Å². The molecule has 0 bridgehead atoms. The number of amides is 1. The van der Waals surface area contributed by atoms with Gasteiger partial charge in [-0.15, -0.1) is 0 Å². The van der Waals surface area contributed by atoms with Crippen LogP contribution >= 0.6 is 0 Å². The van der Waals surface area contributed by atoms with Crippen LogP contribution in [0.25, 0.3) is 0 Å². The monoisotopic (exact) mass is 280 g/mol. The average Bonchev–Trinajstić information content (AvgIpc) is 2.90. The van der Waals surface area contributed by atoms with Crippen LogP contribution in [-0.4, -0.2) is 44.0 Å². The van der Waals surface area contributed by atoms with Crippen molar-refractivity contribution in [1.29, 1.82) is 0 Å². The van der Waals surface area contributed by atoms with Crippen molar-refractivity contribution >= 4 is 11.9 Å². The summed E-state index contributed by atoms with van der Waals surface area (Å²) in [5, 5.41) is 6.35. The molecule has 0 saturated carbocycles. The average molecular weight is 280 g/mol. The predicted molar refractivity (Wildman–Crippen MR) is 79.4 cm³/mol. The lowest BCUT2D eigenvalue weighted by atomic mass is 10.2. The molecule has 0 saturated heterocycles. The Labute approximate surface area is 120 Å². The first-order valence-corrected chi connectivity index (χ1v) is 6.73. The lowest BCUT2D eigenvalue weighted by Gasteiger charge is -2.14. The van der Waals surface area contributed by atoms with Crippen LogP contribution in [-0.2, 0) is 11.3 Å². The Kier molecular flexibility index (Phi) is 6.63. The van der Waals surface area contributed by atoms with Crippen LogP contribution in [0, 0.1) is 5.92 Å². The van der Waals surface area contributed by atoms with Crippen LogP contribution in [0.3, 0.4) is 0 Å². The van der Waals surface area contributed by atoms with Crippen molar-refractivity contribution < 1.29 is 9.21 Å². The number of aliphatic imine (C=N–C) groups is 1. The molecule has 1 aromatic rings. The number of carbonyl (C=O) groups is 1. The summed E-state index contributed by atoms with van der Waals surface area (Å²) in [6.07, 6.45) is 1.63. The molecule has 0 aliphatic carbocycles. The molecule has 1 heterocycles. The van der Waals surface area contributed by atoms with Crippen molar-refractivity contribution in [3.05, 3.63) is 24.2 Å². The van der Waals surface area contributed by atoms with E-state index in [1.807, 2.05) is 12.1 Å². The summed E-state index contributed by atoms with van der Waals surface area (Å²) in [5.41, 5.74) is 0. The quantitative estimate of drug-likeness (QED) is 0.604. The molecule has 20 heavy (non-hydrogen) atoms. The molecule has 0 radical (unpaired) electrons. The van der Waals surface area contributed by atoms with E-state index in [4.69, 9.17) is 4.42 Å². The highest BCUT2D eigenvalue weighted by molar-refractivity contribution is 5.84. The third-order valence-corrected chi connectivity index (χ3v) is 2.56. The maximum atomic E-state index is 11.6. The SMILES string of the molecule is CC(C)CNC(=NCC(=O)N(C)C)NCc1ccco1. The van der Waals surface area contributed by atoms with Crippen molar-refractivity contribution in [2.45, 2.75) is 20.4 Å². The van der Waals surface area contributed by atoms with Crippen LogP contribution in [0.4, 0.5) is 0 Å². The second-order valence-corrected chi connectivity index (χ2v) is 5.16. The highest BCUT2D eigenvalue weighted by atomic mass is 16.3. The Morgan fingerprint density at radius 2 is 2.15 bits per heavy atom. The third kappa shape index (κ3) is 6.26. The van der Waals surface area contributed by atoms with Crippen LogP contribution in [0.1, 0.15) is 19.6 Å². The van der Waals surface area contributed by atoms with Gasteiger partial charge in [-0.25, -0.2) is 4.99 Å². The summed E-state index contributed by atoms with van der Waals surface area (Å²) < 4.78 is 5.25. The molecule has 0 atom stereocenters. The first-order valence-electron chi connectivity index (χ1n) is 6.73. The second-order valence-electron chi connectivity index (χ2n) is 5.16. The number of hydrogen-bond donors (Lipinski definition) is 2. The number of hydrogen-bond acceptors (Lipinski definition) is 3. The smallest absolute Gasteiger partial charge is 0.243 e. The zero-order valence-corrected chi connectivity index (χ0v) is 12.6. The van der Waals surface area contributed by atoms with Crippen molar-refractivity contribution in [2.75, 3.05) is 27.2 Å². The summed E-state index contributed by atoms with van der Waals surface area (Å²) in [6, 6.07) is 3.73. The lowest BCUT2D eigenvalue weighted by molar-refractivity contribution is -0.127. The van der Waals surface area contributed by atoms with E-state index >= 15 is 0 Å². The van der Waals surface area contributed by atoms with Gasteiger partial charge in [0.05, 0.1) is 12.8 Å². The van der Waals surface area contributed by atoms with E-state index in [9.17, 15) is 4.79 Å². The zero-order chi connectivity index (χ0) is 15.0. The topological polar surface area (TPSA) is 69.9 Å². The summed E-state index contributed by atoms with van der Waals surface area (Å²) in [7, 11) is 3.44. The van der Waals surface area contributed by atoms with Gasteiger partial charge in [-0.05, 0) is 18.1 Å². The largest absolute Gasteiger partial charge is 0.467 e. The maximum Gasteiger partial charge on any atom is 0.243 e. The molecule has 112 valence electrons. The normalized spacial score (nSPS) is 11.6. The fraction of sp³-hybridized carbons (Fsp3) is 0.571. The highest BCUT2D eigenvalue weighted by Gasteiger charge is 2.05. The minimum Gasteiger partial charge on any atom is -0.467 e. The van der Waals surface area contributed by atoms with Gasteiger partial charge in [-0.2, -0.15) is 0 Å². The molecule has 6 nitrogen and oxygen atoms in total. The minimum absolute atomic E-state index is 0.0337. The van der Waals surface area contributed by atoms with Crippen LogP contribution in [0.5, 0.6) is 0 Å². The van der Waals surface area contributed by atoms with E-state index < -0.39 is 0 Å². The number of carbonyl (C=O) groups excluding carboxylic acids is 1. The van der Waals surface area contributed by atoms with E-state index in [0.29, 0.717) is 18.4 Å². The van der Waals surface area contributed by atoms with Crippen LogP contribution < -0.4 is 10.6 Å². The summed E-state index contributed by atoms with van der Waals surface area (Å²) >= 11 is 0. The zero-order valence-electron chi connectivity index (χ0n) is 12.6. The number of likely N-dealkylation sites (N-methyl/N-ethyl adjacent to an activating group) is 1. The van der Waals surface area contributed by atoms with E-state index in [-0.39, 0.29) is 12.5 Å². The van der Waals surface area contributed by atoms with Gasteiger partial charge >= 0.3 is 0 Å². The Morgan fingerprint density at radius 3 is 2.70 bits per heavy atom. The molecular weight excluding hydrogens is 256 g/mol. The highest BCUT2D eigenvalue weighted by Crippen LogP contribution is 1.98.